The molecule has 126 valence electrons. The Balaban J connectivity index is 0.00000242. The Labute approximate surface area is 144 Å². The number of likely N-dealkylation sites (tertiary alicyclic amines) is 1. The van der Waals surface area contributed by atoms with E-state index in [0.717, 1.165) is 32.4 Å². The van der Waals surface area contributed by atoms with Crippen LogP contribution in [-0.4, -0.2) is 30.4 Å². The molecule has 1 aliphatic rings. The molecule has 0 saturated carbocycles. The predicted octanol–water partition coefficient (Wildman–Crippen LogP) is 3.55. The van der Waals surface area contributed by atoms with E-state index in [2.05, 4.69) is 26.8 Å². The number of aryl methyl sites for hydroxylation is 3. The Morgan fingerprint density at radius 3 is 2.77 bits per heavy atom. The van der Waals surface area contributed by atoms with Crippen molar-refractivity contribution < 1.29 is 4.79 Å². The van der Waals surface area contributed by atoms with Crippen LogP contribution in [0.5, 0.6) is 0 Å². The highest BCUT2D eigenvalue weighted by atomic mass is 35.5. The fourth-order valence-electron chi connectivity index (χ4n) is 3.20. The molecule has 5 heteroatoms. The molecule has 1 aromatic rings. The van der Waals surface area contributed by atoms with Gasteiger partial charge in [-0.3, -0.25) is 4.79 Å². The topological polar surface area (TPSA) is 46.3 Å². The molecule has 0 spiro atoms. The van der Waals surface area contributed by atoms with Crippen LogP contribution in [0.3, 0.4) is 0 Å². The molecule has 1 fully saturated rings. The molecule has 0 bridgehead atoms. The second kappa shape index (κ2) is 8.90. The largest absolute Gasteiger partial charge is 0.342 e. The molecular formula is C17H29ClN2OS. The summed E-state index contributed by atoms with van der Waals surface area (Å²) in [7, 11) is 0. The standard InChI is InChI=1S/C17H28N2OS.ClH/c1-12-7-8-19(11-16(12)10-18)17(20)6-4-5-15-9-13(2)21-14(15)3;/h9,12,16H,4-8,10-11,18H2,1-3H3;1H. The Bertz CT molecular complexity index is 489. The van der Waals surface area contributed by atoms with Gasteiger partial charge in [0, 0.05) is 29.3 Å². The molecule has 2 N–H and O–H groups in total. The molecular weight excluding hydrogens is 316 g/mol. The number of hydrogen-bond acceptors (Lipinski definition) is 3. The molecule has 2 unspecified atom stereocenters. The third-order valence-corrected chi connectivity index (χ3v) is 5.76. The highest BCUT2D eigenvalue weighted by molar-refractivity contribution is 7.12. The summed E-state index contributed by atoms with van der Waals surface area (Å²) < 4.78 is 0. The maximum atomic E-state index is 12.3. The summed E-state index contributed by atoms with van der Waals surface area (Å²) in [5.41, 5.74) is 7.23. The van der Waals surface area contributed by atoms with Gasteiger partial charge in [0.15, 0.2) is 0 Å². The second-order valence-electron chi connectivity index (χ2n) is 6.39. The summed E-state index contributed by atoms with van der Waals surface area (Å²) in [5, 5.41) is 0. The highest BCUT2D eigenvalue weighted by Gasteiger charge is 2.27. The van der Waals surface area contributed by atoms with Crippen LogP contribution in [0.15, 0.2) is 6.07 Å². The summed E-state index contributed by atoms with van der Waals surface area (Å²) in [5.74, 6) is 1.44. The summed E-state index contributed by atoms with van der Waals surface area (Å²) in [6, 6.07) is 2.26. The average molecular weight is 345 g/mol. The Morgan fingerprint density at radius 1 is 1.45 bits per heavy atom. The van der Waals surface area contributed by atoms with Crippen LogP contribution in [0, 0.1) is 25.7 Å². The maximum Gasteiger partial charge on any atom is 0.222 e. The molecule has 2 atom stereocenters. The van der Waals surface area contributed by atoms with Crippen LogP contribution in [-0.2, 0) is 11.2 Å². The van der Waals surface area contributed by atoms with Crippen molar-refractivity contribution in [2.75, 3.05) is 19.6 Å². The molecule has 1 saturated heterocycles. The molecule has 0 radical (unpaired) electrons. The number of carbonyl (C=O) groups is 1. The van der Waals surface area contributed by atoms with E-state index in [-0.39, 0.29) is 12.4 Å². The zero-order chi connectivity index (χ0) is 15.4. The van der Waals surface area contributed by atoms with Gasteiger partial charge < -0.3 is 10.6 Å². The molecule has 0 aromatic carbocycles. The first-order valence-electron chi connectivity index (χ1n) is 8.05. The molecule has 3 nitrogen and oxygen atoms in total. The Hall–Kier alpha value is -0.580. The summed E-state index contributed by atoms with van der Waals surface area (Å²) in [6.07, 6.45) is 3.73. The van der Waals surface area contributed by atoms with Crippen molar-refractivity contribution in [3.8, 4) is 0 Å². The number of piperidine rings is 1. The van der Waals surface area contributed by atoms with Crippen LogP contribution in [0.2, 0.25) is 0 Å². The summed E-state index contributed by atoms with van der Waals surface area (Å²) in [4.78, 5) is 17.1. The van der Waals surface area contributed by atoms with Crippen LogP contribution < -0.4 is 5.73 Å². The molecule has 1 aliphatic heterocycles. The number of nitrogens with two attached hydrogens (primary N) is 1. The first-order chi connectivity index (χ1) is 10.0. The monoisotopic (exact) mass is 344 g/mol. The number of carbonyl (C=O) groups excluding carboxylic acids is 1. The first-order valence-corrected chi connectivity index (χ1v) is 8.86. The first kappa shape index (κ1) is 19.5. The lowest BCUT2D eigenvalue weighted by atomic mass is 9.87. The van der Waals surface area contributed by atoms with E-state index >= 15 is 0 Å². The zero-order valence-corrected chi connectivity index (χ0v) is 15.6. The number of hydrogen-bond donors (Lipinski definition) is 1. The van der Waals surface area contributed by atoms with Crippen molar-refractivity contribution in [2.24, 2.45) is 17.6 Å². The molecule has 2 rings (SSSR count). The van der Waals surface area contributed by atoms with Crippen LogP contribution in [0.25, 0.3) is 0 Å². The molecule has 1 aromatic heterocycles. The van der Waals surface area contributed by atoms with E-state index in [9.17, 15) is 4.79 Å². The van der Waals surface area contributed by atoms with E-state index in [0.29, 0.717) is 30.7 Å². The number of thiophene rings is 1. The van der Waals surface area contributed by atoms with Crippen molar-refractivity contribution in [3.63, 3.8) is 0 Å². The van der Waals surface area contributed by atoms with Gasteiger partial charge in [-0.05, 0) is 63.1 Å². The van der Waals surface area contributed by atoms with Gasteiger partial charge in [0.2, 0.25) is 5.91 Å². The highest BCUT2D eigenvalue weighted by Crippen LogP contribution is 2.24. The van der Waals surface area contributed by atoms with Gasteiger partial charge in [-0.2, -0.15) is 0 Å². The minimum absolute atomic E-state index is 0. The molecule has 2 heterocycles. The van der Waals surface area contributed by atoms with E-state index in [1.165, 1.54) is 15.3 Å². The van der Waals surface area contributed by atoms with Gasteiger partial charge in [0.25, 0.3) is 0 Å². The van der Waals surface area contributed by atoms with Gasteiger partial charge in [0.05, 0.1) is 0 Å². The van der Waals surface area contributed by atoms with E-state index in [1.54, 1.807) is 0 Å². The third kappa shape index (κ3) is 4.97. The molecule has 0 aliphatic carbocycles. The predicted molar refractivity (Wildman–Crippen MR) is 96.9 cm³/mol. The van der Waals surface area contributed by atoms with Gasteiger partial charge >= 0.3 is 0 Å². The van der Waals surface area contributed by atoms with Crippen LogP contribution in [0.4, 0.5) is 0 Å². The summed E-state index contributed by atoms with van der Waals surface area (Å²) in [6.45, 7) is 9.03. The van der Waals surface area contributed by atoms with Gasteiger partial charge in [-0.25, -0.2) is 0 Å². The smallest absolute Gasteiger partial charge is 0.222 e. The van der Waals surface area contributed by atoms with Crippen molar-refractivity contribution in [2.45, 2.75) is 46.5 Å². The minimum Gasteiger partial charge on any atom is -0.342 e. The fraction of sp³-hybridized carbons (Fsp3) is 0.706. The lowest BCUT2D eigenvalue weighted by Gasteiger charge is -2.36. The Morgan fingerprint density at radius 2 is 2.18 bits per heavy atom. The van der Waals surface area contributed by atoms with E-state index < -0.39 is 0 Å². The van der Waals surface area contributed by atoms with Crippen molar-refractivity contribution in [1.82, 2.24) is 4.90 Å². The molecule has 1 amide bonds. The fourth-order valence-corrected chi connectivity index (χ4v) is 4.18. The van der Waals surface area contributed by atoms with Crippen molar-refractivity contribution in [1.29, 1.82) is 0 Å². The second-order valence-corrected chi connectivity index (χ2v) is 7.85. The van der Waals surface area contributed by atoms with Gasteiger partial charge in [-0.15, -0.1) is 23.7 Å². The number of halogens is 1. The van der Waals surface area contributed by atoms with Crippen molar-refractivity contribution >= 4 is 29.7 Å². The SMILES string of the molecule is Cc1cc(CCCC(=O)N2CCC(C)C(CN)C2)c(C)s1.Cl. The zero-order valence-electron chi connectivity index (χ0n) is 13.9. The minimum atomic E-state index is 0. The quantitative estimate of drug-likeness (QED) is 0.887. The lowest BCUT2D eigenvalue weighted by molar-refractivity contribution is -0.133. The van der Waals surface area contributed by atoms with Crippen LogP contribution >= 0.6 is 23.7 Å². The maximum absolute atomic E-state index is 12.3. The lowest BCUT2D eigenvalue weighted by Crippen LogP contribution is -2.45. The normalized spacial score (nSPS) is 21.5. The number of rotatable bonds is 5. The number of nitrogens with zero attached hydrogens (tertiary/aromatic N) is 1. The van der Waals surface area contributed by atoms with Gasteiger partial charge in [0.1, 0.15) is 0 Å². The van der Waals surface area contributed by atoms with E-state index in [4.69, 9.17) is 5.73 Å². The molecule has 22 heavy (non-hydrogen) atoms. The van der Waals surface area contributed by atoms with Crippen molar-refractivity contribution in [3.05, 3.63) is 21.4 Å². The summed E-state index contributed by atoms with van der Waals surface area (Å²) >= 11 is 1.85. The third-order valence-electron chi connectivity index (χ3n) is 4.75. The van der Waals surface area contributed by atoms with Gasteiger partial charge in [-0.1, -0.05) is 6.92 Å². The van der Waals surface area contributed by atoms with Crippen LogP contribution in [0.1, 0.15) is 41.5 Å². The average Bonchev–Trinajstić information content (AvgIpc) is 2.77. The van der Waals surface area contributed by atoms with E-state index in [1.807, 2.05) is 16.2 Å². The number of amides is 1. The Kier molecular flexibility index (Phi) is 7.87.